The van der Waals surface area contributed by atoms with Gasteiger partial charge in [-0.05, 0) is 63.9 Å². The smallest absolute Gasteiger partial charge is 0.332 e. The molecule has 4 rings (SSSR count). The quantitative estimate of drug-likeness (QED) is 0.390. The van der Waals surface area contributed by atoms with Gasteiger partial charge < -0.3 is 10.1 Å². The molecule has 0 saturated carbocycles. The first-order chi connectivity index (χ1) is 17.1. The van der Waals surface area contributed by atoms with Crippen LogP contribution in [-0.4, -0.2) is 38.0 Å². The Bertz CT molecular complexity index is 1530. The number of fused-ring (bicyclic) bond motifs is 1. The van der Waals surface area contributed by atoms with E-state index in [0.717, 1.165) is 4.57 Å². The lowest BCUT2D eigenvalue weighted by molar-refractivity contribution is -0.124. The van der Waals surface area contributed by atoms with Gasteiger partial charge >= 0.3 is 5.69 Å². The van der Waals surface area contributed by atoms with Crippen LogP contribution in [0, 0.1) is 12.7 Å². The first-order valence-electron chi connectivity index (χ1n) is 11.5. The van der Waals surface area contributed by atoms with Crippen molar-refractivity contribution >= 4 is 27.5 Å². The minimum Gasteiger partial charge on any atom is -0.496 e. The number of rotatable bonds is 8. The molecule has 190 valence electrons. The summed E-state index contributed by atoms with van der Waals surface area (Å²) in [6.07, 6.45) is 3.66. The second-order valence-corrected chi connectivity index (χ2v) is 9.80. The SMILES string of the molecule is COc1ccc(F)cc1CCn1c(=O)n([C@@H](C)C(=O)NC(C)C)c(=O)c2c(C)c(-n3cccn3)sc21. The number of carbonyl (C=O) groups excluding carboxylic acids is 1. The van der Waals surface area contributed by atoms with Crippen molar-refractivity contribution in [2.24, 2.45) is 0 Å². The molecule has 1 amide bonds. The Morgan fingerprint density at radius 1 is 1.25 bits per heavy atom. The van der Waals surface area contributed by atoms with Crippen molar-refractivity contribution in [3.05, 3.63) is 74.4 Å². The molecule has 1 N–H and O–H groups in total. The summed E-state index contributed by atoms with van der Waals surface area (Å²) in [5, 5.41) is 8.09. The van der Waals surface area contributed by atoms with E-state index in [1.165, 1.54) is 48.1 Å². The number of thiophene rings is 1. The van der Waals surface area contributed by atoms with Crippen molar-refractivity contribution in [2.75, 3.05) is 7.11 Å². The van der Waals surface area contributed by atoms with Crippen LogP contribution in [0.5, 0.6) is 5.75 Å². The fraction of sp³-hybridized carbons (Fsp3) is 0.360. The highest BCUT2D eigenvalue weighted by Crippen LogP contribution is 2.31. The van der Waals surface area contributed by atoms with Crippen LogP contribution in [0.25, 0.3) is 15.2 Å². The Labute approximate surface area is 210 Å². The predicted molar refractivity (Wildman–Crippen MR) is 137 cm³/mol. The zero-order valence-electron chi connectivity index (χ0n) is 20.7. The molecule has 0 saturated heterocycles. The van der Waals surface area contributed by atoms with E-state index in [1.54, 1.807) is 43.9 Å². The molecule has 3 heterocycles. The Morgan fingerprint density at radius 3 is 2.64 bits per heavy atom. The molecule has 0 aliphatic carbocycles. The van der Waals surface area contributed by atoms with Gasteiger partial charge in [0.1, 0.15) is 27.4 Å². The van der Waals surface area contributed by atoms with Gasteiger partial charge in [0.2, 0.25) is 5.91 Å². The lowest BCUT2D eigenvalue weighted by atomic mass is 10.1. The highest BCUT2D eigenvalue weighted by atomic mass is 32.1. The fourth-order valence-electron chi connectivity index (χ4n) is 4.20. The molecule has 1 aromatic carbocycles. The maximum atomic E-state index is 13.9. The average molecular weight is 514 g/mol. The zero-order valence-corrected chi connectivity index (χ0v) is 21.6. The molecule has 36 heavy (non-hydrogen) atoms. The van der Waals surface area contributed by atoms with Gasteiger partial charge in [0.25, 0.3) is 5.56 Å². The van der Waals surface area contributed by atoms with Gasteiger partial charge in [-0.3, -0.25) is 14.2 Å². The molecule has 11 heteroatoms. The van der Waals surface area contributed by atoms with Crippen LogP contribution in [0.15, 0.2) is 46.2 Å². The Morgan fingerprint density at radius 2 is 2.00 bits per heavy atom. The zero-order chi connectivity index (χ0) is 26.1. The summed E-state index contributed by atoms with van der Waals surface area (Å²) in [5.41, 5.74) is 0.100. The van der Waals surface area contributed by atoms with E-state index < -0.39 is 29.0 Å². The van der Waals surface area contributed by atoms with Gasteiger partial charge in [0, 0.05) is 30.5 Å². The number of nitrogens with zero attached hydrogens (tertiary/aromatic N) is 4. The molecular formula is C25H28FN5O4S. The van der Waals surface area contributed by atoms with Crippen molar-refractivity contribution in [1.82, 2.24) is 24.2 Å². The summed E-state index contributed by atoms with van der Waals surface area (Å²) >= 11 is 1.27. The van der Waals surface area contributed by atoms with Crippen molar-refractivity contribution in [2.45, 2.75) is 52.7 Å². The summed E-state index contributed by atoms with van der Waals surface area (Å²) in [6.45, 7) is 7.08. The summed E-state index contributed by atoms with van der Waals surface area (Å²) in [4.78, 5) is 40.6. The fourth-order valence-corrected chi connectivity index (χ4v) is 5.46. The van der Waals surface area contributed by atoms with Crippen molar-refractivity contribution < 1.29 is 13.9 Å². The van der Waals surface area contributed by atoms with E-state index in [0.29, 0.717) is 32.1 Å². The molecule has 4 aromatic rings. The molecule has 1 atom stereocenters. The monoisotopic (exact) mass is 513 g/mol. The molecule has 0 fully saturated rings. The molecule has 0 unspecified atom stereocenters. The van der Waals surface area contributed by atoms with Gasteiger partial charge in [-0.15, -0.1) is 0 Å². The van der Waals surface area contributed by atoms with Gasteiger partial charge in [0.05, 0.1) is 12.5 Å². The second-order valence-electron chi connectivity index (χ2n) is 8.82. The van der Waals surface area contributed by atoms with Crippen molar-refractivity contribution in [3.8, 4) is 10.8 Å². The molecule has 0 radical (unpaired) electrons. The molecule has 0 spiro atoms. The molecule has 3 aromatic heterocycles. The summed E-state index contributed by atoms with van der Waals surface area (Å²) < 4.78 is 23.4. The Kier molecular flexibility index (Phi) is 7.11. The summed E-state index contributed by atoms with van der Waals surface area (Å²) in [7, 11) is 1.50. The topological polar surface area (TPSA) is 100 Å². The Hall–Kier alpha value is -3.73. The largest absolute Gasteiger partial charge is 0.496 e. The number of hydrogen-bond acceptors (Lipinski definition) is 6. The van der Waals surface area contributed by atoms with E-state index in [4.69, 9.17) is 4.74 Å². The van der Waals surface area contributed by atoms with E-state index in [-0.39, 0.29) is 19.0 Å². The van der Waals surface area contributed by atoms with E-state index >= 15 is 0 Å². The molecule has 0 aliphatic heterocycles. The van der Waals surface area contributed by atoms with E-state index in [9.17, 15) is 18.8 Å². The third kappa shape index (κ3) is 4.58. The van der Waals surface area contributed by atoms with Crippen LogP contribution in [0.4, 0.5) is 4.39 Å². The number of aromatic nitrogens is 4. The second kappa shape index (κ2) is 10.1. The third-order valence-corrected chi connectivity index (χ3v) is 7.28. The highest BCUT2D eigenvalue weighted by molar-refractivity contribution is 7.21. The lowest BCUT2D eigenvalue weighted by Gasteiger charge is -2.19. The highest BCUT2D eigenvalue weighted by Gasteiger charge is 2.26. The molecule has 9 nitrogen and oxygen atoms in total. The number of nitrogens with one attached hydrogen (secondary N) is 1. The molecule has 0 aliphatic rings. The predicted octanol–water partition coefficient (Wildman–Crippen LogP) is 3.19. The minimum atomic E-state index is -1.03. The van der Waals surface area contributed by atoms with Crippen LogP contribution in [0.2, 0.25) is 0 Å². The number of methoxy groups -OCH3 is 1. The number of ether oxygens (including phenoxy) is 1. The maximum Gasteiger partial charge on any atom is 0.332 e. The first-order valence-corrected chi connectivity index (χ1v) is 12.4. The first kappa shape index (κ1) is 25.4. The number of carbonyl (C=O) groups is 1. The van der Waals surface area contributed by atoms with Crippen LogP contribution >= 0.6 is 11.3 Å². The van der Waals surface area contributed by atoms with Crippen LogP contribution in [0.1, 0.15) is 37.9 Å². The number of hydrogen-bond donors (Lipinski definition) is 1. The van der Waals surface area contributed by atoms with Crippen molar-refractivity contribution in [3.63, 3.8) is 0 Å². The van der Waals surface area contributed by atoms with E-state index in [1.807, 2.05) is 0 Å². The van der Waals surface area contributed by atoms with Gasteiger partial charge in [-0.1, -0.05) is 11.3 Å². The third-order valence-electron chi connectivity index (χ3n) is 5.98. The van der Waals surface area contributed by atoms with Crippen LogP contribution in [-0.2, 0) is 17.8 Å². The van der Waals surface area contributed by atoms with Gasteiger partial charge in [-0.2, -0.15) is 5.10 Å². The number of benzene rings is 1. The standard InChI is InChI=1S/C25H28FN5O4S/c1-14(2)28-21(32)16(4)31-22(33)20-15(3)23(30-11-6-10-27-30)36-24(20)29(25(31)34)12-9-17-13-18(26)7-8-19(17)35-5/h6-8,10-11,13-14,16H,9,12H2,1-5H3,(H,28,32)/t16-/m0/s1. The number of halogens is 1. The molecular weight excluding hydrogens is 485 g/mol. The normalized spacial score (nSPS) is 12.3. The summed E-state index contributed by atoms with van der Waals surface area (Å²) in [5.74, 6) is -0.347. The Balaban J connectivity index is 1.92. The average Bonchev–Trinajstić information content (AvgIpc) is 3.46. The lowest BCUT2D eigenvalue weighted by Crippen LogP contribution is -2.47. The van der Waals surface area contributed by atoms with E-state index in [2.05, 4.69) is 10.4 Å². The maximum absolute atomic E-state index is 13.9. The number of amides is 1. The van der Waals surface area contributed by atoms with Crippen LogP contribution < -0.4 is 21.3 Å². The van der Waals surface area contributed by atoms with Gasteiger partial charge in [0.15, 0.2) is 0 Å². The van der Waals surface area contributed by atoms with Crippen LogP contribution in [0.3, 0.4) is 0 Å². The summed E-state index contributed by atoms with van der Waals surface area (Å²) in [6, 6.07) is 4.79. The van der Waals surface area contributed by atoms with Crippen molar-refractivity contribution in [1.29, 1.82) is 0 Å². The van der Waals surface area contributed by atoms with Gasteiger partial charge in [-0.25, -0.2) is 18.4 Å². The molecule has 0 bridgehead atoms. The minimum absolute atomic E-state index is 0.145. The number of aryl methyl sites for hydroxylation is 3.